The fourth-order valence-electron chi connectivity index (χ4n) is 5.94. The molecule has 0 radical (unpaired) electrons. The van der Waals surface area contributed by atoms with Crippen molar-refractivity contribution in [3.05, 3.63) is 35.9 Å². The van der Waals surface area contributed by atoms with Crippen molar-refractivity contribution in [2.75, 3.05) is 20.3 Å². The van der Waals surface area contributed by atoms with Crippen LogP contribution in [-0.2, 0) is 51.2 Å². The van der Waals surface area contributed by atoms with Crippen molar-refractivity contribution >= 4 is 30.6 Å². The molecule has 1 heterocycles. The molecule has 1 aliphatic rings. The number of methoxy groups -OCH3 is 1. The van der Waals surface area contributed by atoms with Crippen LogP contribution in [-0.4, -0.2) is 67.2 Å². The van der Waals surface area contributed by atoms with Crippen LogP contribution in [0.25, 0.3) is 0 Å². The highest BCUT2D eigenvalue weighted by Crippen LogP contribution is 2.51. The minimum atomic E-state index is -3.71. The largest absolute Gasteiger partial charge is 0.508 e. The standard InChI is InChI=1S/C37H64NO9PS/c1-6-7-8-9-10-11-12-13-14-15-16-17-21-26-33(39)38-27-22-25-31-34(42-5)35(46-48(41,49)47-37(2,3)4)32(45-31)29-44-36(40)43-28-30-23-19-18-20-24-30/h18-20,23-24,31-32,34-35H,6-17,21-22,25-29H2,1-5H3,(H,38,39)(H,41,49)/t31-,32+,34+,35?,48?/m0/s1. The van der Waals surface area contributed by atoms with Gasteiger partial charge in [-0.1, -0.05) is 114 Å². The average molecular weight is 730 g/mol. The number of unbranched alkanes of at least 4 members (excludes halogenated alkanes) is 12. The number of ether oxygens (including phenoxy) is 4. The minimum absolute atomic E-state index is 0.0560. The van der Waals surface area contributed by atoms with Gasteiger partial charge in [-0.2, -0.15) is 0 Å². The van der Waals surface area contributed by atoms with Gasteiger partial charge in [0.05, 0.1) is 11.7 Å². The van der Waals surface area contributed by atoms with Crippen molar-refractivity contribution in [1.29, 1.82) is 0 Å². The van der Waals surface area contributed by atoms with E-state index in [4.69, 9.17) is 39.8 Å². The zero-order valence-electron chi connectivity index (χ0n) is 30.7. The number of carbonyl (C=O) groups is 2. The summed E-state index contributed by atoms with van der Waals surface area (Å²) in [6.45, 7) is 4.22. The van der Waals surface area contributed by atoms with Gasteiger partial charge in [-0.15, -0.1) is 0 Å². The van der Waals surface area contributed by atoms with Crippen LogP contribution >= 0.6 is 6.72 Å². The van der Waals surface area contributed by atoms with Crippen LogP contribution in [0.15, 0.2) is 30.3 Å². The Morgan fingerprint density at radius 2 is 1.45 bits per heavy atom. The van der Waals surface area contributed by atoms with Gasteiger partial charge in [0.15, 0.2) is 0 Å². The lowest BCUT2D eigenvalue weighted by molar-refractivity contribution is -0.121. The van der Waals surface area contributed by atoms with Crippen molar-refractivity contribution in [3.63, 3.8) is 0 Å². The van der Waals surface area contributed by atoms with Gasteiger partial charge in [0.25, 0.3) is 0 Å². The third-order valence-electron chi connectivity index (χ3n) is 8.38. The van der Waals surface area contributed by atoms with E-state index in [0.717, 1.165) is 18.4 Å². The summed E-state index contributed by atoms with van der Waals surface area (Å²) in [6, 6.07) is 9.28. The first-order chi connectivity index (χ1) is 23.4. The third-order valence-corrected chi connectivity index (χ3v) is 10.2. The summed E-state index contributed by atoms with van der Waals surface area (Å²) in [5.74, 6) is 0.0560. The Bertz CT molecular complexity index is 1090. The van der Waals surface area contributed by atoms with Gasteiger partial charge < -0.3 is 33.7 Å². The third kappa shape index (κ3) is 20.1. The maximum atomic E-state index is 12.4. The highest BCUT2D eigenvalue weighted by Gasteiger charge is 2.48. The molecule has 1 fully saturated rings. The van der Waals surface area contributed by atoms with Gasteiger partial charge in [-0.3, -0.25) is 9.32 Å². The first kappa shape index (κ1) is 43.6. The van der Waals surface area contributed by atoms with Crippen LogP contribution in [0.2, 0.25) is 0 Å². The lowest BCUT2D eigenvalue weighted by Gasteiger charge is -2.30. The van der Waals surface area contributed by atoms with Crippen LogP contribution in [0.5, 0.6) is 0 Å². The van der Waals surface area contributed by atoms with Crippen molar-refractivity contribution in [1.82, 2.24) is 5.32 Å². The van der Waals surface area contributed by atoms with Crippen molar-refractivity contribution in [3.8, 4) is 0 Å². The van der Waals surface area contributed by atoms with Crippen molar-refractivity contribution in [2.24, 2.45) is 0 Å². The molecule has 1 aromatic carbocycles. The summed E-state index contributed by atoms with van der Waals surface area (Å²) >= 11 is 5.31. The summed E-state index contributed by atoms with van der Waals surface area (Å²) < 4.78 is 34.2. The Morgan fingerprint density at radius 3 is 2.02 bits per heavy atom. The van der Waals surface area contributed by atoms with E-state index in [2.05, 4.69) is 12.2 Å². The van der Waals surface area contributed by atoms with Crippen LogP contribution in [0.4, 0.5) is 4.79 Å². The first-order valence-corrected chi connectivity index (χ1v) is 21.0. The number of nitrogens with one attached hydrogen (secondary N) is 1. The van der Waals surface area contributed by atoms with E-state index in [1.165, 1.54) is 77.7 Å². The van der Waals surface area contributed by atoms with Gasteiger partial charge >= 0.3 is 12.9 Å². The van der Waals surface area contributed by atoms with Crippen molar-refractivity contribution < 1.29 is 42.5 Å². The van der Waals surface area contributed by atoms with Gasteiger partial charge in [-0.05, 0) is 57.4 Å². The molecule has 282 valence electrons. The van der Waals surface area contributed by atoms with E-state index in [9.17, 15) is 14.5 Å². The summed E-state index contributed by atoms with van der Waals surface area (Å²) in [5, 5.41) is 3.01. The molecule has 1 aliphatic heterocycles. The summed E-state index contributed by atoms with van der Waals surface area (Å²) in [4.78, 5) is 35.7. The SMILES string of the molecule is CCCCCCCCCCCCCCCC(=O)NCCC[C@@H]1O[C@H](COC(=O)OCc2ccccc2)C(OP(O)(=S)OC(C)(C)C)[C@@H]1OC. The van der Waals surface area contributed by atoms with E-state index < -0.39 is 42.9 Å². The lowest BCUT2D eigenvalue weighted by atomic mass is 10.0. The maximum absolute atomic E-state index is 12.4. The van der Waals surface area contributed by atoms with E-state index in [1.807, 2.05) is 30.3 Å². The normalized spacial score (nSPS) is 20.5. The second kappa shape index (κ2) is 24.6. The molecular formula is C37H64NO9PS. The molecule has 0 aliphatic carbocycles. The molecule has 0 aromatic heterocycles. The second-order valence-corrected chi connectivity index (χ2v) is 16.7. The number of hydrogen-bond acceptors (Lipinski definition) is 9. The number of carbonyl (C=O) groups excluding carboxylic acids is 2. The zero-order chi connectivity index (χ0) is 36.0. The maximum Gasteiger partial charge on any atom is 0.508 e. The smallest absolute Gasteiger partial charge is 0.431 e. The Kier molecular flexibility index (Phi) is 21.8. The van der Waals surface area contributed by atoms with E-state index in [1.54, 1.807) is 20.8 Å². The molecule has 10 nitrogen and oxygen atoms in total. The molecular weight excluding hydrogens is 665 g/mol. The molecule has 1 aromatic rings. The summed E-state index contributed by atoms with van der Waals surface area (Å²) in [7, 11) is 1.53. The monoisotopic (exact) mass is 729 g/mol. The topological polar surface area (TPSA) is 122 Å². The molecule has 0 spiro atoms. The molecule has 12 heteroatoms. The van der Waals surface area contributed by atoms with Gasteiger partial charge in [0, 0.05) is 20.1 Å². The average Bonchev–Trinajstić information content (AvgIpc) is 3.37. The Morgan fingerprint density at radius 1 is 0.857 bits per heavy atom. The highest BCUT2D eigenvalue weighted by molar-refractivity contribution is 8.07. The van der Waals surface area contributed by atoms with Gasteiger partial charge in [-0.25, -0.2) is 4.79 Å². The molecule has 2 rings (SSSR count). The number of hydrogen-bond donors (Lipinski definition) is 2. The molecule has 0 saturated carbocycles. The fourth-order valence-corrected chi connectivity index (χ4v) is 8.20. The van der Waals surface area contributed by atoms with E-state index in [0.29, 0.717) is 25.8 Å². The Hall–Kier alpha value is -1.59. The molecule has 2 unspecified atom stereocenters. The van der Waals surface area contributed by atoms with E-state index in [-0.39, 0.29) is 19.1 Å². The predicted molar refractivity (Wildman–Crippen MR) is 197 cm³/mol. The Balaban J connectivity index is 1.73. The van der Waals surface area contributed by atoms with Crippen LogP contribution in [0.1, 0.15) is 136 Å². The molecule has 1 saturated heterocycles. The van der Waals surface area contributed by atoms with Crippen LogP contribution in [0.3, 0.4) is 0 Å². The van der Waals surface area contributed by atoms with Gasteiger partial charge in [0.1, 0.15) is 31.5 Å². The summed E-state index contributed by atoms with van der Waals surface area (Å²) in [5.41, 5.74) is 0.0819. The molecule has 5 atom stereocenters. The fraction of sp³-hybridized carbons (Fsp3) is 0.784. The number of rotatable bonds is 26. The molecule has 0 bridgehead atoms. The zero-order valence-corrected chi connectivity index (χ0v) is 32.4. The molecule has 1 amide bonds. The van der Waals surface area contributed by atoms with Crippen LogP contribution in [0, 0.1) is 0 Å². The lowest BCUT2D eigenvalue weighted by Crippen LogP contribution is -2.39. The summed E-state index contributed by atoms with van der Waals surface area (Å²) in [6.07, 6.45) is 14.7. The van der Waals surface area contributed by atoms with Gasteiger partial charge in [0.2, 0.25) is 5.91 Å². The quantitative estimate of drug-likeness (QED) is 0.0543. The Labute approximate surface area is 300 Å². The molecule has 2 N–H and O–H groups in total. The first-order valence-electron chi connectivity index (χ1n) is 18.4. The second-order valence-electron chi connectivity index (χ2n) is 14.0. The number of benzene rings is 1. The predicted octanol–water partition coefficient (Wildman–Crippen LogP) is 8.92. The van der Waals surface area contributed by atoms with Crippen molar-refractivity contribution in [2.45, 2.75) is 167 Å². The van der Waals surface area contributed by atoms with Crippen LogP contribution < -0.4 is 5.32 Å². The molecule has 49 heavy (non-hydrogen) atoms. The highest BCUT2D eigenvalue weighted by atomic mass is 32.5. The minimum Gasteiger partial charge on any atom is -0.431 e. The number of amides is 1. The van der Waals surface area contributed by atoms with E-state index >= 15 is 0 Å².